The molecular formula is C15H14ClFN4. The molecule has 1 N–H and O–H groups in total. The van der Waals surface area contributed by atoms with Crippen LogP contribution in [0.1, 0.15) is 24.4 Å². The van der Waals surface area contributed by atoms with Crippen LogP contribution < -0.4 is 5.32 Å². The number of halogens is 2. The first-order chi connectivity index (χ1) is 10.1. The number of nitrogens with zero attached hydrogens (tertiary/aromatic N) is 3. The summed E-state index contributed by atoms with van der Waals surface area (Å²) in [6.07, 6.45) is 1.92. The van der Waals surface area contributed by atoms with Gasteiger partial charge in [0, 0.05) is 12.7 Å². The Bertz CT molecular complexity index is 771. The van der Waals surface area contributed by atoms with E-state index in [1.807, 2.05) is 35.7 Å². The van der Waals surface area contributed by atoms with Crippen LogP contribution in [0, 0.1) is 5.82 Å². The third-order valence-corrected chi connectivity index (χ3v) is 3.63. The monoisotopic (exact) mass is 304 g/mol. The number of hydrogen-bond donors (Lipinski definition) is 1. The third kappa shape index (κ3) is 2.89. The molecule has 0 bridgehead atoms. The van der Waals surface area contributed by atoms with E-state index >= 15 is 0 Å². The molecular weight excluding hydrogens is 291 g/mol. The van der Waals surface area contributed by atoms with Gasteiger partial charge in [-0.15, -0.1) is 10.2 Å². The molecule has 0 aliphatic rings. The summed E-state index contributed by atoms with van der Waals surface area (Å²) in [5, 5.41) is 11.8. The van der Waals surface area contributed by atoms with E-state index in [2.05, 4.69) is 15.5 Å². The van der Waals surface area contributed by atoms with E-state index in [0.29, 0.717) is 6.54 Å². The molecule has 1 unspecified atom stereocenters. The molecule has 0 radical (unpaired) electrons. The molecule has 0 saturated carbocycles. The summed E-state index contributed by atoms with van der Waals surface area (Å²) < 4.78 is 15.3. The quantitative estimate of drug-likeness (QED) is 0.803. The van der Waals surface area contributed by atoms with Gasteiger partial charge >= 0.3 is 0 Å². The lowest BCUT2D eigenvalue weighted by molar-refractivity contribution is 0.539. The first-order valence-corrected chi connectivity index (χ1v) is 7.00. The van der Waals surface area contributed by atoms with E-state index in [4.69, 9.17) is 11.6 Å². The van der Waals surface area contributed by atoms with Gasteiger partial charge in [0.1, 0.15) is 5.82 Å². The van der Waals surface area contributed by atoms with Crippen molar-refractivity contribution in [3.63, 3.8) is 0 Å². The maximum Gasteiger partial charge on any atom is 0.160 e. The van der Waals surface area contributed by atoms with Crippen LogP contribution in [0.3, 0.4) is 0 Å². The van der Waals surface area contributed by atoms with Crippen molar-refractivity contribution in [1.82, 2.24) is 19.9 Å². The molecule has 1 aromatic carbocycles. The zero-order valence-electron chi connectivity index (χ0n) is 11.4. The standard InChI is InChI=1S/C15H14ClFN4/c1-10(15-20-19-14-4-2-3-7-21(14)15)18-9-11-5-6-12(16)13(17)8-11/h2-8,10,18H,9H2,1H3. The minimum Gasteiger partial charge on any atom is -0.303 e. The second-order valence-electron chi connectivity index (χ2n) is 4.84. The minimum atomic E-state index is -0.406. The van der Waals surface area contributed by atoms with E-state index in [-0.39, 0.29) is 11.1 Å². The van der Waals surface area contributed by atoms with Crippen LogP contribution in [0.2, 0.25) is 5.02 Å². The van der Waals surface area contributed by atoms with Gasteiger partial charge in [-0.25, -0.2) is 4.39 Å². The molecule has 2 heterocycles. The molecule has 0 saturated heterocycles. The van der Waals surface area contributed by atoms with Crippen molar-refractivity contribution in [2.45, 2.75) is 19.5 Å². The summed E-state index contributed by atoms with van der Waals surface area (Å²) in [6.45, 7) is 2.52. The van der Waals surface area contributed by atoms with Crippen molar-refractivity contribution in [3.05, 3.63) is 64.8 Å². The Morgan fingerprint density at radius 3 is 2.95 bits per heavy atom. The fourth-order valence-electron chi connectivity index (χ4n) is 2.17. The zero-order valence-corrected chi connectivity index (χ0v) is 12.2. The summed E-state index contributed by atoms with van der Waals surface area (Å²) >= 11 is 5.67. The van der Waals surface area contributed by atoms with Crippen LogP contribution >= 0.6 is 11.6 Å². The Morgan fingerprint density at radius 2 is 2.14 bits per heavy atom. The van der Waals surface area contributed by atoms with Crippen molar-refractivity contribution < 1.29 is 4.39 Å². The summed E-state index contributed by atoms with van der Waals surface area (Å²) in [6, 6.07) is 10.5. The zero-order chi connectivity index (χ0) is 14.8. The first kappa shape index (κ1) is 14.0. The van der Waals surface area contributed by atoms with Crippen LogP contribution in [0.25, 0.3) is 5.65 Å². The Kier molecular flexibility index (Phi) is 3.86. The van der Waals surface area contributed by atoms with Gasteiger partial charge in [0.15, 0.2) is 11.5 Å². The molecule has 108 valence electrons. The lowest BCUT2D eigenvalue weighted by Gasteiger charge is -2.12. The molecule has 21 heavy (non-hydrogen) atoms. The number of hydrogen-bond acceptors (Lipinski definition) is 3. The molecule has 2 aromatic heterocycles. The number of rotatable bonds is 4. The Hall–Kier alpha value is -1.98. The fourth-order valence-corrected chi connectivity index (χ4v) is 2.28. The largest absolute Gasteiger partial charge is 0.303 e. The van der Waals surface area contributed by atoms with E-state index in [0.717, 1.165) is 17.0 Å². The van der Waals surface area contributed by atoms with Crippen LogP contribution in [0.4, 0.5) is 4.39 Å². The molecule has 0 amide bonds. The molecule has 1 atom stereocenters. The molecule has 0 aliphatic heterocycles. The summed E-state index contributed by atoms with van der Waals surface area (Å²) in [4.78, 5) is 0. The maximum atomic E-state index is 13.4. The lowest BCUT2D eigenvalue weighted by Crippen LogP contribution is -2.20. The highest BCUT2D eigenvalue weighted by Crippen LogP contribution is 2.17. The second kappa shape index (κ2) is 5.79. The normalized spacial score (nSPS) is 12.7. The molecule has 3 aromatic rings. The minimum absolute atomic E-state index is 0.0128. The summed E-state index contributed by atoms with van der Waals surface area (Å²) in [7, 11) is 0. The average Bonchev–Trinajstić information content (AvgIpc) is 2.92. The van der Waals surface area contributed by atoms with Gasteiger partial charge in [-0.3, -0.25) is 4.40 Å². The molecule has 0 fully saturated rings. The Morgan fingerprint density at radius 1 is 1.29 bits per heavy atom. The molecule has 6 heteroatoms. The van der Waals surface area contributed by atoms with Crippen molar-refractivity contribution in [3.8, 4) is 0 Å². The van der Waals surface area contributed by atoms with Crippen LogP contribution in [-0.4, -0.2) is 14.6 Å². The van der Waals surface area contributed by atoms with E-state index in [1.165, 1.54) is 6.07 Å². The fraction of sp³-hybridized carbons (Fsp3) is 0.200. The molecule has 0 aliphatic carbocycles. The van der Waals surface area contributed by atoms with Crippen LogP contribution in [-0.2, 0) is 6.54 Å². The number of pyridine rings is 1. The smallest absolute Gasteiger partial charge is 0.160 e. The maximum absolute atomic E-state index is 13.4. The summed E-state index contributed by atoms with van der Waals surface area (Å²) in [5.41, 5.74) is 1.64. The van der Waals surface area contributed by atoms with Gasteiger partial charge in [-0.05, 0) is 36.8 Å². The van der Waals surface area contributed by atoms with Gasteiger partial charge < -0.3 is 5.32 Å². The first-order valence-electron chi connectivity index (χ1n) is 6.62. The molecule has 0 spiro atoms. The van der Waals surface area contributed by atoms with Crippen LogP contribution in [0.5, 0.6) is 0 Å². The molecule has 4 nitrogen and oxygen atoms in total. The van der Waals surface area contributed by atoms with Gasteiger partial charge in [-0.2, -0.15) is 0 Å². The van der Waals surface area contributed by atoms with Crippen molar-refractivity contribution in [1.29, 1.82) is 0 Å². The van der Waals surface area contributed by atoms with Crippen LogP contribution in [0.15, 0.2) is 42.6 Å². The number of benzene rings is 1. The predicted octanol–water partition coefficient (Wildman–Crippen LogP) is 3.37. The van der Waals surface area contributed by atoms with E-state index in [1.54, 1.807) is 12.1 Å². The lowest BCUT2D eigenvalue weighted by atomic mass is 10.2. The highest BCUT2D eigenvalue weighted by atomic mass is 35.5. The summed E-state index contributed by atoms with van der Waals surface area (Å²) in [5.74, 6) is 0.414. The number of nitrogens with one attached hydrogen (secondary N) is 1. The predicted molar refractivity (Wildman–Crippen MR) is 79.7 cm³/mol. The SMILES string of the molecule is CC(NCc1ccc(Cl)c(F)c1)c1nnc2ccccn12. The van der Waals surface area contributed by atoms with E-state index in [9.17, 15) is 4.39 Å². The average molecular weight is 305 g/mol. The highest BCUT2D eigenvalue weighted by molar-refractivity contribution is 6.30. The van der Waals surface area contributed by atoms with Gasteiger partial charge in [-0.1, -0.05) is 23.7 Å². The van der Waals surface area contributed by atoms with Gasteiger partial charge in [0.2, 0.25) is 0 Å². The molecule has 3 rings (SSSR count). The van der Waals surface area contributed by atoms with Gasteiger partial charge in [0.05, 0.1) is 11.1 Å². The topological polar surface area (TPSA) is 42.2 Å². The highest BCUT2D eigenvalue weighted by Gasteiger charge is 2.12. The third-order valence-electron chi connectivity index (χ3n) is 3.32. The van der Waals surface area contributed by atoms with E-state index < -0.39 is 5.82 Å². The number of fused-ring (bicyclic) bond motifs is 1. The van der Waals surface area contributed by atoms with Crippen molar-refractivity contribution >= 4 is 17.2 Å². The second-order valence-corrected chi connectivity index (χ2v) is 5.25. The Balaban J connectivity index is 1.74. The number of aromatic nitrogens is 3. The van der Waals surface area contributed by atoms with Crippen molar-refractivity contribution in [2.24, 2.45) is 0 Å². The van der Waals surface area contributed by atoms with Crippen molar-refractivity contribution in [2.75, 3.05) is 0 Å². The van der Waals surface area contributed by atoms with Gasteiger partial charge in [0.25, 0.3) is 0 Å². The Labute approximate surface area is 126 Å².